The predicted molar refractivity (Wildman–Crippen MR) is 33.6 cm³/mol. The van der Waals surface area contributed by atoms with Crippen LogP contribution in [0.5, 0.6) is 0 Å². The Morgan fingerprint density at radius 2 is 2.33 bits per heavy atom. The van der Waals surface area contributed by atoms with Crippen LogP contribution in [0.1, 0.15) is 0 Å². The van der Waals surface area contributed by atoms with E-state index in [0.717, 1.165) is 6.67 Å². The Kier molecular flexibility index (Phi) is 1.67. The van der Waals surface area contributed by atoms with Gasteiger partial charge >= 0.3 is 0 Å². The molecule has 2 nitrogen and oxygen atoms in total. The van der Waals surface area contributed by atoms with E-state index in [0.29, 0.717) is 0 Å². The third-order valence-electron chi connectivity index (χ3n) is 0.823. The van der Waals surface area contributed by atoms with Gasteiger partial charge in [-0.1, -0.05) is 0 Å². The molecule has 1 aliphatic rings. The number of hydrogen-bond donors (Lipinski definition) is 1. The summed E-state index contributed by atoms with van der Waals surface area (Å²) >= 11 is 2.15. The molecular weight excluding hydrogens is 191 g/mol. The molecule has 36 valence electrons. The van der Waals surface area contributed by atoms with E-state index in [2.05, 4.69) is 31.3 Å². The molecule has 0 aromatic carbocycles. The molecule has 0 bridgehead atoms. The summed E-state index contributed by atoms with van der Waals surface area (Å²) in [7, 11) is 0. The summed E-state index contributed by atoms with van der Waals surface area (Å²) < 4.78 is 3.03. The molecule has 1 fully saturated rings. The van der Waals surface area contributed by atoms with Crippen LogP contribution in [0.3, 0.4) is 0 Å². The summed E-state index contributed by atoms with van der Waals surface area (Å²) in [6, 6.07) is 0. The topological polar surface area (TPSA) is 15.0 Å². The van der Waals surface area contributed by atoms with E-state index in [1.165, 1.54) is 13.1 Å². The minimum atomic E-state index is 1.06. The third kappa shape index (κ3) is 1.40. The Balaban J connectivity index is 1.88. The lowest BCUT2D eigenvalue weighted by molar-refractivity contribution is 0.563. The molecular formula is C3H7IN2. The second-order valence-corrected chi connectivity index (χ2v) is 2.17. The molecule has 0 spiro atoms. The molecule has 0 saturated carbocycles. The summed E-state index contributed by atoms with van der Waals surface area (Å²) in [5, 5.41) is 0. The van der Waals surface area contributed by atoms with Crippen molar-refractivity contribution in [2.24, 2.45) is 0 Å². The maximum absolute atomic E-state index is 3.03. The largest absolute Gasteiger partial charge is 0.287 e. The van der Waals surface area contributed by atoms with Gasteiger partial charge in [-0.25, -0.2) is 3.53 Å². The van der Waals surface area contributed by atoms with Crippen molar-refractivity contribution in [2.75, 3.05) is 19.8 Å². The SMILES string of the molecule is INCN1CC1. The highest BCUT2D eigenvalue weighted by Gasteiger charge is 2.14. The van der Waals surface area contributed by atoms with E-state index in [4.69, 9.17) is 0 Å². The monoisotopic (exact) mass is 198 g/mol. The van der Waals surface area contributed by atoms with Crippen LogP contribution in [0.4, 0.5) is 0 Å². The maximum atomic E-state index is 3.03. The summed E-state index contributed by atoms with van der Waals surface area (Å²) in [6.07, 6.45) is 0. The first-order valence-corrected chi connectivity index (χ1v) is 3.07. The van der Waals surface area contributed by atoms with Crippen LogP contribution in [0, 0.1) is 0 Å². The van der Waals surface area contributed by atoms with Gasteiger partial charge in [0, 0.05) is 36.0 Å². The van der Waals surface area contributed by atoms with E-state index < -0.39 is 0 Å². The van der Waals surface area contributed by atoms with Gasteiger partial charge in [-0.15, -0.1) is 0 Å². The van der Waals surface area contributed by atoms with Crippen molar-refractivity contribution in [1.29, 1.82) is 0 Å². The highest BCUT2D eigenvalue weighted by atomic mass is 127. The molecule has 0 unspecified atom stereocenters. The highest BCUT2D eigenvalue weighted by molar-refractivity contribution is 14.1. The summed E-state index contributed by atoms with van der Waals surface area (Å²) in [4.78, 5) is 2.31. The zero-order valence-corrected chi connectivity index (χ0v) is 5.60. The molecule has 1 N–H and O–H groups in total. The normalized spacial score (nSPS) is 21.5. The van der Waals surface area contributed by atoms with Gasteiger partial charge in [-0.3, -0.25) is 4.90 Å². The molecule has 0 aromatic heterocycles. The van der Waals surface area contributed by atoms with Crippen molar-refractivity contribution >= 4 is 22.9 Å². The van der Waals surface area contributed by atoms with Gasteiger partial charge in [0.15, 0.2) is 0 Å². The maximum Gasteiger partial charge on any atom is 0.0570 e. The van der Waals surface area contributed by atoms with Crippen molar-refractivity contribution in [3.05, 3.63) is 0 Å². The van der Waals surface area contributed by atoms with Crippen LogP contribution in [0.15, 0.2) is 0 Å². The van der Waals surface area contributed by atoms with Gasteiger partial charge in [0.05, 0.1) is 6.67 Å². The zero-order chi connectivity index (χ0) is 4.41. The van der Waals surface area contributed by atoms with Gasteiger partial charge in [-0.2, -0.15) is 0 Å². The first-order chi connectivity index (χ1) is 2.93. The molecule has 0 aromatic rings. The minimum Gasteiger partial charge on any atom is -0.287 e. The van der Waals surface area contributed by atoms with Crippen LogP contribution in [0.25, 0.3) is 0 Å². The van der Waals surface area contributed by atoms with Crippen molar-refractivity contribution in [3.8, 4) is 0 Å². The molecule has 0 radical (unpaired) electrons. The Hall–Kier alpha value is 0.650. The van der Waals surface area contributed by atoms with E-state index in [1.807, 2.05) is 0 Å². The van der Waals surface area contributed by atoms with Crippen molar-refractivity contribution in [2.45, 2.75) is 0 Å². The standard InChI is InChI=1S/C3H7IN2/c4-5-3-6-1-2-6/h5H,1-3H2. The molecule has 1 heterocycles. The molecule has 3 heteroatoms. The van der Waals surface area contributed by atoms with Crippen LogP contribution >= 0.6 is 22.9 Å². The van der Waals surface area contributed by atoms with Crippen LogP contribution in [-0.2, 0) is 0 Å². The van der Waals surface area contributed by atoms with E-state index in [1.54, 1.807) is 0 Å². The number of hydrogen-bond acceptors (Lipinski definition) is 2. The third-order valence-corrected chi connectivity index (χ3v) is 1.16. The fourth-order valence-corrected chi connectivity index (χ4v) is 0.796. The number of halogens is 1. The first kappa shape index (κ1) is 4.80. The summed E-state index contributed by atoms with van der Waals surface area (Å²) in [6.45, 7) is 3.63. The molecule has 1 aliphatic heterocycles. The lowest BCUT2D eigenvalue weighted by atomic mass is 11.0. The lowest BCUT2D eigenvalue weighted by Crippen LogP contribution is -2.09. The zero-order valence-electron chi connectivity index (χ0n) is 3.45. The Morgan fingerprint density at radius 3 is 2.50 bits per heavy atom. The quantitative estimate of drug-likeness (QED) is 0.387. The second kappa shape index (κ2) is 2.09. The number of nitrogens with one attached hydrogen (secondary N) is 1. The van der Waals surface area contributed by atoms with Crippen molar-refractivity contribution < 1.29 is 0 Å². The molecule has 0 atom stereocenters. The minimum absolute atomic E-state index is 1.06. The van der Waals surface area contributed by atoms with E-state index >= 15 is 0 Å². The van der Waals surface area contributed by atoms with E-state index in [-0.39, 0.29) is 0 Å². The van der Waals surface area contributed by atoms with Crippen LogP contribution < -0.4 is 3.53 Å². The highest BCUT2D eigenvalue weighted by Crippen LogP contribution is 1.98. The van der Waals surface area contributed by atoms with Gasteiger partial charge in [0.1, 0.15) is 0 Å². The number of nitrogens with zero attached hydrogens (tertiary/aromatic N) is 1. The Morgan fingerprint density at radius 1 is 1.67 bits per heavy atom. The fourth-order valence-electron chi connectivity index (χ4n) is 0.313. The number of rotatable bonds is 2. The Labute approximate surface area is 51.4 Å². The van der Waals surface area contributed by atoms with E-state index in [9.17, 15) is 0 Å². The van der Waals surface area contributed by atoms with Gasteiger partial charge < -0.3 is 0 Å². The second-order valence-electron chi connectivity index (χ2n) is 1.41. The molecule has 1 rings (SSSR count). The summed E-state index contributed by atoms with van der Waals surface area (Å²) in [5.41, 5.74) is 0. The molecule has 0 amide bonds. The molecule has 1 saturated heterocycles. The molecule has 0 aliphatic carbocycles. The van der Waals surface area contributed by atoms with Gasteiger partial charge in [0.2, 0.25) is 0 Å². The van der Waals surface area contributed by atoms with Crippen LogP contribution in [0.2, 0.25) is 0 Å². The van der Waals surface area contributed by atoms with Crippen molar-refractivity contribution in [1.82, 2.24) is 8.43 Å². The fraction of sp³-hybridized carbons (Fsp3) is 1.00. The predicted octanol–water partition coefficient (Wildman–Crippen LogP) is 0.199. The average Bonchev–Trinajstić information content (AvgIpc) is 2.21. The first-order valence-electron chi connectivity index (χ1n) is 1.99. The van der Waals surface area contributed by atoms with Gasteiger partial charge in [0.25, 0.3) is 0 Å². The van der Waals surface area contributed by atoms with Crippen LogP contribution in [-0.4, -0.2) is 24.7 Å². The average molecular weight is 198 g/mol. The smallest absolute Gasteiger partial charge is 0.0570 e. The lowest BCUT2D eigenvalue weighted by Gasteiger charge is -1.90. The van der Waals surface area contributed by atoms with Gasteiger partial charge in [-0.05, 0) is 0 Å². The molecule has 6 heavy (non-hydrogen) atoms. The summed E-state index contributed by atoms with van der Waals surface area (Å²) in [5.74, 6) is 0. The van der Waals surface area contributed by atoms with Crippen molar-refractivity contribution in [3.63, 3.8) is 0 Å². The Bertz CT molecular complexity index is 44.1.